The third-order valence-electron chi connectivity index (χ3n) is 5.07. The standard InChI is InChI=1S/C23H22N4O3S/c1-15(2)31(29,30)19-10-8-17(9-11-19)18-12-20-21(26-27-22(20)24-14-18)23(28)25-13-16-6-4-3-5-7-16/h3-12,14-15H,13H2,1-2H3,(H,25,28)(H,24,26,27). The largest absolute Gasteiger partial charge is 0.347 e. The van der Waals surface area contributed by atoms with Gasteiger partial charge in [-0.3, -0.25) is 9.89 Å². The van der Waals surface area contributed by atoms with Crippen LogP contribution < -0.4 is 5.32 Å². The summed E-state index contributed by atoms with van der Waals surface area (Å²) in [5.74, 6) is -0.274. The quantitative estimate of drug-likeness (QED) is 0.481. The predicted octanol–water partition coefficient (Wildman–Crippen LogP) is 3.74. The van der Waals surface area contributed by atoms with Crippen LogP contribution >= 0.6 is 0 Å². The minimum Gasteiger partial charge on any atom is -0.347 e. The molecule has 1 amide bonds. The number of carbonyl (C=O) groups excluding carboxylic acids is 1. The Hall–Kier alpha value is -3.52. The maximum atomic E-state index is 12.7. The van der Waals surface area contributed by atoms with E-state index in [0.717, 1.165) is 16.7 Å². The molecule has 31 heavy (non-hydrogen) atoms. The van der Waals surface area contributed by atoms with Crippen molar-refractivity contribution < 1.29 is 13.2 Å². The van der Waals surface area contributed by atoms with Gasteiger partial charge in [0, 0.05) is 18.3 Å². The average molecular weight is 435 g/mol. The van der Waals surface area contributed by atoms with E-state index >= 15 is 0 Å². The van der Waals surface area contributed by atoms with Gasteiger partial charge in [-0.1, -0.05) is 42.5 Å². The predicted molar refractivity (Wildman–Crippen MR) is 119 cm³/mol. The molecule has 7 nitrogen and oxygen atoms in total. The van der Waals surface area contributed by atoms with Gasteiger partial charge in [0.2, 0.25) is 0 Å². The summed E-state index contributed by atoms with van der Waals surface area (Å²) in [7, 11) is -3.33. The number of carbonyl (C=O) groups is 1. The van der Waals surface area contributed by atoms with Crippen molar-refractivity contribution in [2.24, 2.45) is 0 Å². The van der Waals surface area contributed by atoms with Crippen molar-refractivity contribution >= 4 is 26.8 Å². The minimum atomic E-state index is -3.33. The van der Waals surface area contributed by atoms with Gasteiger partial charge in [-0.25, -0.2) is 13.4 Å². The number of benzene rings is 2. The van der Waals surface area contributed by atoms with Crippen LogP contribution in [0.4, 0.5) is 0 Å². The number of aromatic amines is 1. The zero-order valence-electron chi connectivity index (χ0n) is 17.2. The topological polar surface area (TPSA) is 105 Å². The number of H-pyrrole nitrogens is 1. The van der Waals surface area contributed by atoms with Crippen molar-refractivity contribution in [2.45, 2.75) is 30.5 Å². The highest BCUT2D eigenvalue weighted by Gasteiger charge is 2.19. The second-order valence-corrected chi connectivity index (χ2v) is 9.98. The molecule has 2 heterocycles. The fourth-order valence-electron chi connectivity index (χ4n) is 3.21. The summed E-state index contributed by atoms with van der Waals surface area (Å²) in [6.45, 7) is 3.72. The van der Waals surface area contributed by atoms with E-state index in [9.17, 15) is 13.2 Å². The fourth-order valence-corrected chi connectivity index (χ4v) is 4.27. The molecule has 0 aliphatic heterocycles. The Bertz CT molecular complexity index is 1330. The number of rotatable bonds is 6. The van der Waals surface area contributed by atoms with E-state index in [1.54, 1.807) is 44.3 Å². The molecule has 2 N–H and O–H groups in total. The van der Waals surface area contributed by atoms with Crippen molar-refractivity contribution in [1.82, 2.24) is 20.5 Å². The first kappa shape index (κ1) is 20.7. The summed E-state index contributed by atoms with van der Waals surface area (Å²) in [6.07, 6.45) is 1.65. The highest BCUT2D eigenvalue weighted by Crippen LogP contribution is 2.26. The zero-order valence-corrected chi connectivity index (χ0v) is 18.0. The molecule has 0 unspecified atom stereocenters. The van der Waals surface area contributed by atoms with Crippen LogP contribution in [0.1, 0.15) is 29.9 Å². The van der Waals surface area contributed by atoms with Crippen LogP contribution in [-0.2, 0) is 16.4 Å². The van der Waals surface area contributed by atoms with Gasteiger partial charge in [-0.15, -0.1) is 0 Å². The Balaban J connectivity index is 1.60. The molecular weight excluding hydrogens is 412 g/mol. The molecule has 4 aromatic rings. The number of hydrogen-bond donors (Lipinski definition) is 2. The van der Waals surface area contributed by atoms with Gasteiger partial charge in [0.05, 0.1) is 15.5 Å². The number of nitrogens with one attached hydrogen (secondary N) is 2. The molecule has 0 fully saturated rings. The lowest BCUT2D eigenvalue weighted by Gasteiger charge is -2.09. The van der Waals surface area contributed by atoms with Gasteiger partial charge < -0.3 is 5.32 Å². The van der Waals surface area contributed by atoms with Crippen molar-refractivity contribution in [3.05, 3.63) is 78.1 Å². The highest BCUT2D eigenvalue weighted by atomic mass is 32.2. The molecule has 0 bridgehead atoms. The molecule has 2 aromatic heterocycles. The Labute approximate surface area is 180 Å². The lowest BCUT2D eigenvalue weighted by molar-refractivity contribution is 0.0947. The van der Waals surface area contributed by atoms with Gasteiger partial charge in [0.25, 0.3) is 5.91 Å². The normalized spacial score (nSPS) is 11.7. The first-order valence-corrected chi connectivity index (χ1v) is 11.4. The highest BCUT2D eigenvalue weighted by molar-refractivity contribution is 7.92. The summed E-state index contributed by atoms with van der Waals surface area (Å²) >= 11 is 0. The van der Waals surface area contributed by atoms with Gasteiger partial charge in [0.15, 0.2) is 15.5 Å². The van der Waals surface area contributed by atoms with E-state index in [0.29, 0.717) is 23.3 Å². The first-order valence-electron chi connectivity index (χ1n) is 9.87. The van der Waals surface area contributed by atoms with Gasteiger partial charge >= 0.3 is 0 Å². The van der Waals surface area contributed by atoms with Crippen molar-refractivity contribution in [3.63, 3.8) is 0 Å². The SMILES string of the molecule is CC(C)S(=O)(=O)c1ccc(-c2cnc3n[nH]c(C(=O)NCc4ccccc4)c3c2)cc1. The summed E-state index contributed by atoms with van der Waals surface area (Å²) in [5, 5.41) is 9.88. The van der Waals surface area contributed by atoms with E-state index in [1.807, 2.05) is 36.4 Å². The van der Waals surface area contributed by atoms with E-state index in [4.69, 9.17) is 0 Å². The number of aromatic nitrogens is 3. The molecular formula is C23H22N4O3S. The number of pyridine rings is 1. The number of nitrogens with zero attached hydrogens (tertiary/aromatic N) is 2. The number of amides is 1. The van der Waals surface area contributed by atoms with Gasteiger partial charge in [-0.2, -0.15) is 5.10 Å². The van der Waals surface area contributed by atoms with E-state index < -0.39 is 15.1 Å². The lowest BCUT2D eigenvalue weighted by Crippen LogP contribution is -2.23. The molecule has 0 atom stereocenters. The van der Waals surface area contributed by atoms with E-state index in [2.05, 4.69) is 20.5 Å². The van der Waals surface area contributed by atoms with E-state index in [1.165, 1.54) is 0 Å². The molecule has 0 radical (unpaired) electrons. The minimum absolute atomic E-state index is 0.274. The monoisotopic (exact) mass is 434 g/mol. The van der Waals surface area contributed by atoms with Gasteiger partial charge in [0.1, 0.15) is 5.69 Å². The second-order valence-electron chi connectivity index (χ2n) is 7.48. The van der Waals surface area contributed by atoms with Crippen LogP contribution in [0.3, 0.4) is 0 Å². The summed E-state index contributed by atoms with van der Waals surface area (Å²) in [6, 6.07) is 18.1. The third kappa shape index (κ3) is 4.20. The van der Waals surface area contributed by atoms with Crippen LogP contribution in [0.2, 0.25) is 0 Å². The Morgan fingerprint density at radius 2 is 1.74 bits per heavy atom. The first-order chi connectivity index (χ1) is 14.9. The number of hydrogen-bond acceptors (Lipinski definition) is 5. The third-order valence-corrected chi connectivity index (χ3v) is 7.24. The Kier molecular flexibility index (Phi) is 5.56. The molecule has 0 aliphatic rings. The molecule has 0 spiro atoms. The van der Waals surface area contributed by atoms with E-state index in [-0.39, 0.29) is 10.8 Å². The molecule has 8 heteroatoms. The smallest absolute Gasteiger partial charge is 0.270 e. The number of sulfone groups is 1. The fraction of sp³-hybridized carbons (Fsp3) is 0.174. The molecule has 0 saturated carbocycles. The van der Waals surface area contributed by atoms with Crippen molar-refractivity contribution in [2.75, 3.05) is 0 Å². The Morgan fingerprint density at radius 1 is 1.03 bits per heavy atom. The van der Waals surface area contributed by atoms with Crippen LogP contribution in [0, 0.1) is 0 Å². The van der Waals surface area contributed by atoms with Crippen molar-refractivity contribution in [3.8, 4) is 11.1 Å². The van der Waals surface area contributed by atoms with Crippen LogP contribution in [0.15, 0.2) is 71.8 Å². The molecule has 0 aliphatic carbocycles. The maximum Gasteiger partial charge on any atom is 0.270 e. The summed E-state index contributed by atoms with van der Waals surface area (Å²) in [4.78, 5) is 17.3. The van der Waals surface area contributed by atoms with Crippen LogP contribution in [0.5, 0.6) is 0 Å². The van der Waals surface area contributed by atoms with Crippen LogP contribution in [-0.4, -0.2) is 34.8 Å². The maximum absolute atomic E-state index is 12.7. The summed E-state index contributed by atoms with van der Waals surface area (Å²) < 4.78 is 24.7. The molecule has 4 rings (SSSR count). The van der Waals surface area contributed by atoms with Crippen LogP contribution in [0.25, 0.3) is 22.2 Å². The van der Waals surface area contributed by atoms with Gasteiger partial charge in [-0.05, 0) is 43.2 Å². The molecule has 2 aromatic carbocycles. The molecule has 158 valence electrons. The second kappa shape index (κ2) is 8.31. The zero-order chi connectivity index (χ0) is 22.0. The molecule has 0 saturated heterocycles. The lowest BCUT2D eigenvalue weighted by atomic mass is 10.1. The Morgan fingerprint density at radius 3 is 2.42 bits per heavy atom. The average Bonchev–Trinajstić information content (AvgIpc) is 3.21. The summed E-state index contributed by atoms with van der Waals surface area (Å²) in [5.41, 5.74) is 3.33. The van der Waals surface area contributed by atoms with Crippen molar-refractivity contribution in [1.29, 1.82) is 0 Å². The number of fused-ring (bicyclic) bond motifs is 1.